The van der Waals surface area contributed by atoms with Gasteiger partial charge in [0.1, 0.15) is 70.5 Å². The molecule has 134 heavy (non-hydrogen) atoms. The number of amides is 3. The molecule has 0 N–H and O–H groups in total. The summed E-state index contributed by atoms with van der Waals surface area (Å²) in [7, 11) is 4.84. The maximum Gasteiger partial charge on any atom is 0.307 e. The molecule has 6 aromatic rings. The van der Waals surface area contributed by atoms with Crippen LogP contribution in [0.5, 0.6) is 34.9 Å². The minimum atomic E-state index is -0.795. The number of carbonyl (C=O) groups is 6. The first kappa shape index (κ1) is 105. The molecule has 3 saturated heterocycles. The molecule has 1 unspecified atom stereocenters. The van der Waals surface area contributed by atoms with Gasteiger partial charge in [-0.05, 0) is 215 Å². The molecule has 7 saturated carbocycles. The van der Waals surface area contributed by atoms with Crippen LogP contribution in [0.15, 0.2) is 54.6 Å². The van der Waals surface area contributed by atoms with Crippen molar-refractivity contribution in [2.45, 2.75) is 318 Å². The van der Waals surface area contributed by atoms with Gasteiger partial charge in [0, 0.05) is 79.8 Å². The summed E-state index contributed by atoms with van der Waals surface area (Å²) >= 11 is 0. The van der Waals surface area contributed by atoms with E-state index in [0.717, 1.165) is 162 Å². The number of methoxy groups -OCH3 is 3. The SMILES string of the molecule is CCC[C@@]12C[C@H]1CCCCCc1nc3ccc(OC)cc3nc1O[C@H]1CN(C(=O)[C@H](C(C)(C)C)CC(=O)O2)[C@H]([C-]=O)[C@@H]1C.COc1ccc2nc3c(nc2c1)O[C@H]1CN(C(=O)[C@H](C(C)(C)C)CC(=O)O[C@@H]2C4CC(C4)C[C@H]2CCCCC3)C([C-]=O)[C@@H]1C.COc1ccc2nc3c(nc2c1)O[C@H]1CN(C(=O)[C@H](C(C)(C)C)CC(=O)O[C@@H]2CC4CC(C4)[C@H]2CCCCC3)[C@H]([C-]=O)[C@@H]1C.[V].[V].[V]. The largest absolute Gasteiger partial charge is 0.540 e. The van der Waals surface area contributed by atoms with Gasteiger partial charge in [-0.2, -0.15) is 0 Å². The van der Waals surface area contributed by atoms with E-state index < -0.39 is 76.0 Å². The van der Waals surface area contributed by atoms with Gasteiger partial charge in [-0.1, -0.05) is 153 Å². The number of fused-ring (bicyclic) bond motifs is 13. The summed E-state index contributed by atoms with van der Waals surface area (Å²) < 4.78 is 54.5. The number of esters is 3. The summed E-state index contributed by atoms with van der Waals surface area (Å²) in [6.45, 7) is 26.1. The van der Waals surface area contributed by atoms with E-state index in [4.69, 9.17) is 72.5 Å². The molecule has 3 aromatic heterocycles. The maximum atomic E-state index is 14.2. The zero-order chi connectivity index (χ0) is 93.3. The van der Waals surface area contributed by atoms with Gasteiger partial charge in [0.15, 0.2) is 0 Å². The predicted molar refractivity (Wildman–Crippen MR) is 492 cm³/mol. The van der Waals surface area contributed by atoms with E-state index in [1.165, 1.54) is 12.8 Å². The summed E-state index contributed by atoms with van der Waals surface area (Å²) in [5.41, 5.74) is 4.65. The fourth-order valence-electron chi connectivity index (χ4n) is 22.9. The predicted octanol–water partition coefficient (Wildman–Crippen LogP) is 16.5. The summed E-state index contributed by atoms with van der Waals surface area (Å²) in [5, 5.41) is 0. The summed E-state index contributed by atoms with van der Waals surface area (Å²) in [6, 6.07) is 14.5. The molecule has 19 rings (SSSR count). The Labute approximate surface area is 826 Å². The van der Waals surface area contributed by atoms with Crippen molar-refractivity contribution in [1.82, 2.24) is 44.6 Å². The summed E-state index contributed by atoms with van der Waals surface area (Å²) in [6.07, 6.45) is 28.3. The zero-order valence-corrected chi connectivity index (χ0v) is 85.4. The fourth-order valence-corrected chi connectivity index (χ4v) is 22.9. The minimum absolute atomic E-state index is 0. The molecule has 3 amide bonds. The second-order valence-corrected chi connectivity index (χ2v) is 43.1. The minimum Gasteiger partial charge on any atom is -0.540 e. The van der Waals surface area contributed by atoms with Crippen molar-refractivity contribution in [2.75, 3.05) is 41.0 Å². The number of aromatic nitrogens is 6. The van der Waals surface area contributed by atoms with Crippen LogP contribution in [0.3, 0.4) is 0 Å². The van der Waals surface area contributed by atoms with Crippen LogP contribution >= 0.6 is 0 Å². The molecule has 3 radical (unpaired) electrons. The molecule has 7 aliphatic carbocycles. The van der Waals surface area contributed by atoms with Crippen molar-refractivity contribution in [3.05, 3.63) is 71.7 Å². The van der Waals surface area contributed by atoms with Crippen molar-refractivity contribution in [1.29, 1.82) is 0 Å². The number of benzene rings is 3. The first-order valence-electron chi connectivity index (χ1n) is 48.8. The molecule has 725 valence electrons. The van der Waals surface area contributed by atoms with E-state index in [1.54, 1.807) is 36.0 Å². The molecule has 3 aromatic carbocycles. The molecule has 10 bridgehead atoms. The van der Waals surface area contributed by atoms with Crippen LogP contribution in [0.2, 0.25) is 0 Å². The normalized spacial score (nSPS) is 31.5. The van der Waals surface area contributed by atoms with E-state index >= 15 is 0 Å². The first-order valence-corrected chi connectivity index (χ1v) is 48.8. The fraction of sp³-hybridized carbons (Fsp3) is 0.683. The van der Waals surface area contributed by atoms with E-state index in [1.807, 2.05) is 138 Å². The number of nitrogens with zero attached hydrogens (tertiary/aromatic N) is 9. The van der Waals surface area contributed by atoms with Gasteiger partial charge in [0.05, 0.1) is 111 Å². The Hall–Kier alpha value is -7.94. The standard InChI is InChI=1S/2C35H46N3O6.C34H46N3O6.3V/c1-20-29(19-39)38-18-31(20)44-33-27(36-26-12-11-23(42-5)16-28(26)37-33)10-8-6-7-9-24-22-13-21(14-22)15-30(24)43-32(40)17-25(34(38)41)35(2,3)4;1-20-29(19-39)38-18-30(20)43-33-27(36-26-12-11-24(42-5)16-28(26)37-33)10-8-6-7-9-22-13-21-14-23(15-21)32(22)44-31(40)17-25(34(38)41)35(2,3)4;1-7-15-34-18-22(34)11-9-8-10-12-26-31(36-27-16-23(41-6)13-14-25(27)35-26)42-29-19-37(28(20-38)21(29)2)32(40)24(33(3,4)5)17-30(39)43-34;;;/h11-12,16,20-22,24-25,29-31H,6-10,13-15,17-18H2,1-5H3;11-12,16,20-23,25,29-30,32H,6-10,13-15,17-18H2,1-5H3;13-14,16,21-22,24,28-29H,7-12,15,17-19H2,1-6H3;;;/q3*-1;;;/t20-,21?,22?,24+,25+,29+,30+,31-;20-,21?,22+,23?,25+,29?,30-,32-;21-,22+,24+,28+,29-,34+;;;/m000.../s1. The third-order valence-corrected chi connectivity index (χ3v) is 31.1. The van der Waals surface area contributed by atoms with Gasteiger partial charge in [-0.15, -0.1) is 0 Å². The molecule has 9 heterocycles. The van der Waals surface area contributed by atoms with Crippen LogP contribution in [-0.2, 0) is 132 Å². The number of ether oxygens (including phenoxy) is 9. The number of hydrogen-bond acceptors (Lipinski definition) is 24. The van der Waals surface area contributed by atoms with Crippen LogP contribution in [0.1, 0.15) is 261 Å². The van der Waals surface area contributed by atoms with Crippen LogP contribution in [0.25, 0.3) is 33.1 Å². The smallest absolute Gasteiger partial charge is 0.307 e. The van der Waals surface area contributed by atoms with E-state index in [0.29, 0.717) is 106 Å². The molecule has 30 heteroatoms. The Bertz CT molecular complexity index is 5170. The molecule has 13 aliphatic rings. The van der Waals surface area contributed by atoms with E-state index in [9.17, 15) is 43.2 Å². The number of hydrogen-bond donors (Lipinski definition) is 0. The van der Waals surface area contributed by atoms with Gasteiger partial charge in [0.25, 0.3) is 0 Å². The zero-order valence-electron chi connectivity index (χ0n) is 81.2. The molecular weight excluding hydrogens is 1820 g/mol. The molecule has 10 fully saturated rings. The Morgan fingerprint density at radius 2 is 0.769 bits per heavy atom. The van der Waals surface area contributed by atoms with Crippen molar-refractivity contribution in [3.8, 4) is 34.9 Å². The van der Waals surface area contributed by atoms with Crippen molar-refractivity contribution < 1.29 is 141 Å². The van der Waals surface area contributed by atoms with E-state index in [-0.39, 0.29) is 160 Å². The topological polar surface area (TPSA) is 324 Å². The summed E-state index contributed by atoms with van der Waals surface area (Å²) in [4.78, 5) is 154. The van der Waals surface area contributed by atoms with Gasteiger partial charge >= 0.3 is 17.9 Å². The van der Waals surface area contributed by atoms with Crippen LogP contribution in [-0.4, -0.2) is 194 Å². The Balaban J connectivity index is 0.000000179. The average molecular weight is 1960 g/mol. The second kappa shape index (κ2) is 44.5. The first-order chi connectivity index (χ1) is 62.6. The molecule has 0 spiro atoms. The Kier molecular flexibility index (Phi) is 34.8. The molecular formula is C104H138N9O18V3-3. The van der Waals surface area contributed by atoms with Gasteiger partial charge in [-0.25, -0.2) is 48.8 Å². The number of carbonyl (C=O) groups excluding carboxylic acids is 9. The van der Waals surface area contributed by atoms with Gasteiger partial charge < -0.3 is 71.7 Å². The maximum absolute atomic E-state index is 14.2. The van der Waals surface area contributed by atoms with Crippen LogP contribution in [0, 0.1) is 93.2 Å². The molecule has 6 aliphatic heterocycles. The third-order valence-electron chi connectivity index (χ3n) is 31.1. The Morgan fingerprint density at radius 3 is 1.15 bits per heavy atom. The quantitative estimate of drug-likeness (QED) is 0.0776. The van der Waals surface area contributed by atoms with Crippen molar-refractivity contribution in [3.63, 3.8) is 0 Å². The Morgan fingerprint density at radius 1 is 0.410 bits per heavy atom. The second-order valence-electron chi connectivity index (χ2n) is 43.1. The van der Waals surface area contributed by atoms with Crippen LogP contribution in [0.4, 0.5) is 0 Å². The average Bonchev–Trinajstić information content (AvgIpc) is 1.58. The van der Waals surface area contributed by atoms with Crippen molar-refractivity contribution in [2.24, 2.45) is 93.2 Å². The van der Waals surface area contributed by atoms with E-state index in [2.05, 4.69) is 25.8 Å². The number of aryl methyl sites for hydroxylation is 3. The third kappa shape index (κ3) is 23.4. The van der Waals surface area contributed by atoms with Crippen molar-refractivity contribution >= 4 is 87.6 Å². The van der Waals surface area contributed by atoms with Crippen LogP contribution < -0.4 is 28.4 Å². The number of rotatable bonds is 8. The summed E-state index contributed by atoms with van der Waals surface area (Å²) in [5.74, 6) is 2.27. The molecule has 18 atom stereocenters. The molecule has 27 nitrogen and oxygen atoms in total. The monoisotopic (exact) mass is 1950 g/mol. The van der Waals surface area contributed by atoms with Gasteiger partial charge in [-0.3, -0.25) is 28.8 Å². The van der Waals surface area contributed by atoms with Gasteiger partial charge in [0.2, 0.25) is 35.4 Å².